The largest absolute Gasteiger partial charge is 0.493 e. The van der Waals surface area contributed by atoms with Gasteiger partial charge in [-0.25, -0.2) is 4.79 Å². The Morgan fingerprint density at radius 3 is 2.46 bits per heavy atom. The van der Waals surface area contributed by atoms with Crippen molar-refractivity contribution in [1.29, 1.82) is 0 Å². The molecule has 128 valence electrons. The minimum atomic E-state index is -0.833. The molecule has 0 saturated carbocycles. The van der Waals surface area contributed by atoms with Crippen LogP contribution in [0.4, 0.5) is 4.79 Å². The van der Waals surface area contributed by atoms with Crippen LogP contribution in [-0.2, 0) is 9.59 Å². The summed E-state index contributed by atoms with van der Waals surface area (Å²) in [7, 11) is 0. The molecule has 0 aromatic heterocycles. The molecule has 0 unspecified atom stereocenters. The fourth-order valence-corrected chi connectivity index (χ4v) is 2.42. The van der Waals surface area contributed by atoms with Crippen molar-refractivity contribution < 1.29 is 19.1 Å². The van der Waals surface area contributed by atoms with E-state index in [4.69, 9.17) is 16.3 Å². The van der Waals surface area contributed by atoms with E-state index in [9.17, 15) is 14.4 Å². The van der Waals surface area contributed by atoms with Crippen molar-refractivity contribution in [3.63, 3.8) is 0 Å². The molecule has 2 N–H and O–H groups in total. The number of carbonyl (C=O) groups is 3. The van der Waals surface area contributed by atoms with E-state index in [1.807, 2.05) is 10.6 Å². The van der Waals surface area contributed by atoms with Crippen LogP contribution in [-0.4, -0.2) is 24.5 Å². The van der Waals surface area contributed by atoms with Crippen molar-refractivity contribution in [3.8, 4) is 5.75 Å². The van der Waals surface area contributed by atoms with Gasteiger partial charge in [-0.15, -0.1) is 0 Å². The zero-order valence-corrected chi connectivity index (χ0v) is 14.1. The molecular weight excluding hydrogens is 332 g/mol. The Morgan fingerprint density at radius 1 is 1.08 bits per heavy atom. The average Bonchev–Trinajstić information content (AvgIpc) is 2.52. The normalized spacial score (nSPS) is 14.2. The lowest BCUT2D eigenvalue weighted by molar-refractivity contribution is -0.123. The third kappa shape index (κ3) is 4.83. The Kier molecular flexibility index (Phi) is 6.37. The Balaban J connectivity index is 2.17. The minimum Gasteiger partial charge on any atom is -0.493 e. The lowest BCUT2D eigenvalue weighted by Gasteiger charge is -2.15. The Hall–Kier alpha value is -2.34. The van der Waals surface area contributed by atoms with Crippen molar-refractivity contribution in [1.82, 2.24) is 10.6 Å². The summed E-state index contributed by atoms with van der Waals surface area (Å²) >= 11 is 5.99. The first-order valence-electron chi connectivity index (χ1n) is 7.82. The zero-order chi connectivity index (χ0) is 17.5. The maximum absolute atomic E-state index is 11.8. The first-order chi connectivity index (χ1) is 11.5. The average molecular weight is 351 g/mol. The molecule has 0 atom stereocenters. The molecule has 0 aliphatic carbocycles. The number of hydrogen-bond acceptors (Lipinski definition) is 4. The van der Waals surface area contributed by atoms with E-state index in [-0.39, 0.29) is 5.57 Å². The van der Waals surface area contributed by atoms with Gasteiger partial charge in [-0.05, 0) is 30.7 Å². The smallest absolute Gasteiger partial charge is 0.328 e. The number of imide groups is 2. The number of ether oxygens (including phenoxy) is 1. The number of urea groups is 1. The molecule has 1 aromatic rings. The van der Waals surface area contributed by atoms with Crippen LogP contribution in [0.2, 0.25) is 5.02 Å². The van der Waals surface area contributed by atoms with Gasteiger partial charge in [0.2, 0.25) is 0 Å². The number of hydrogen-bond donors (Lipinski definition) is 2. The van der Waals surface area contributed by atoms with E-state index < -0.39 is 17.8 Å². The Morgan fingerprint density at radius 2 is 1.79 bits per heavy atom. The second kappa shape index (κ2) is 8.49. The van der Waals surface area contributed by atoms with Crippen molar-refractivity contribution in [2.45, 2.75) is 32.6 Å². The third-order valence-corrected chi connectivity index (χ3v) is 3.71. The van der Waals surface area contributed by atoms with Crippen LogP contribution in [0.25, 0.3) is 6.08 Å². The number of barbiturate groups is 1. The van der Waals surface area contributed by atoms with Crippen LogP contribution in [0, 0.1) is 0 Å². The second-order valence-electron chi connectivity index (χ2n) is 5.39. The molecule has 1 aliphatic heterocycles. The SMILES string of the molecule is CCCCCCOc1ccc(Cl)cc1C=C1C(=O)NC(=O)NC1=O. The van der Waals surface area contributed by atoms with Crippen LogP contribution >= 0.6 is 11.6 Å². The van der Waals surface area contributed by atoms with Gasteiger partial charge in [0.25, 0.3) is 11.8 Å². The number of benzene rings is 1. The predicted octanol–water partition coefficient (Wildman–Crippen LogP) is 3.05. The standard InChI is InChI=1S/C17H19ClN2O4/c1-2-3-4-5-8-24-14-7-6-12(18)9-11(14)10-13-15(21)19-17(23)20-16(13)22/h6-7,9-10H,2-5,8H2,1H3,(H2,19,20,21,22,23). The number of amides is 4. The van der Waals surface area contributed by atoms with E-state index >= 15 is 0 Å². The lowest BCUT2D eigenvalue weighted by Crippen LogP contribution is -2.51. The second-order valence-corrected chi connectivity index (χ2v) is 5.82. The number of rotatable bonds is 7. The van der Waals surface area contributed by atoms with Crippen LogP contribution in [0.1, 0.15) is 38.2 Å². The summed E-state index contributed by atoms with van der Waals surface area (Å²) in [4.78, 5) is 34.7. The van der Waals surface area contributed by atoms with E-state index in [2.05, 4.69) is 6.92 Å². The molecule has 6 nitrogen and oxygen atoms in total. The highest BCUT2D eigenvalue weighted by Gasteiger charge is 2.28. The van der Waals surface area contributed by atoms with Gasteiger partial charge in [0, 0.05) is 10.6 Å². The predicted molar refractivity (Wildman–Crippen MR) is 90.7 cm³/mol. The molecule has 1 aromatic carbocycles. The fraction of sp³-hybridized carbons (Fsp3) is 0.353. The van der Waals surface area contributed by atoms with Crippen molar-refractivity contribution in [3.05, 3.63) is 34.4 Å². The molecule has 1 fully saturated rings. The van der Waals surface area contributed by atoms with Crippen LogP contribution in [0.15, 0.2) is 23.8 Å². The lowest BCUT2D eigenvalue weighted by atomic mass is 10.1. The molecule has 1 aliphatic rings. The fourth-order valence-electron chi connectivity index (χ4n) is 2.24. The highest BCUT2D eigenvalue weighted by molar-refractivity contribution is 6.32. The maximum atomic E-state index is 11.8. The summed E-state index contributed by atoms with van der Waals surface area (Å²) in [5.41, 5.74) is 0.334. The Labute approximate surface area is 145 Å². The van der Waals surface area contributed by atoms with Gasteiger partial charge in [0.05, 0.1) is 6.61 Å². The van der Waals surface area contributed by atoms with Gasteiger partial charge >= 0.3 is 6.03 Å². The Bertz CT molecular complexity index is 663. The summed E-state index contributed by atoms with van der Waals surface area (Å²) in [5.74, 6) is -0.976. The highest BCUT2D eigenvalue weighted by atomic mass is 35.5. The van der Waals surface area contributed by atoms with E-state index in [0.717, 1.165) is 25.7 Å². The van der Waals surface area contributed by atoms with Crippen LogP contribution in [0.5, 0.6) is 5.75 Å². The van der Waals surface area contributed by atoms with Crippen LogP contribution < -0.4 is 15.4 Å². The molecule has 1 saturated heterocycles. The van der Waals surface area contributed by atoms with Crippen molar-refractivity contribution in [2.75, 3.05) is 6.61 Å². The van der Waals surface area contributed by atoms with Gasteiger partial charge in [0.1, 0.15) is 11.3 Å². The van der Waals surface area contributed by atoms with Gasteiger partial charge in [-0.3, -0.25) is 20.2 Å². The third-order valence-electron chi connectivity index (χ3n) is 3.47. The molecule has 0 spiro atoms. The van der Waals surface area contributed by atoms with E-state index in [1.54, 1.807) is 18.2 Å². The monoisotopic (exact) mass is 350 g/mol. The summed E-state index contributed by atoms with van der Waals surface area (Å²) in [6, 6.07) is 4.14. The quantitative estimate of drug-likeness (QED) is 0.449. The number of carbonyl (C=O) groups excluding carboxylic acids is 3. The van der Waals surface area contributed by atoms with Gasteiger partial charge in [-0.2, -0.15) is 0 Å². The molecule has 0 radical (unpaired) electrons. The summed E-state index contributed by atoms with van der Waals surface area (Å²) in [6.07, 6.45) is 5.65. The van der Waals surface area contributed by atoms with Gasteiger partial charge in [-0.1, -0.05) is 37.8 Å². The zero-order valence-electron chi connectivity index (χ0n) is 13.4. The summed E-state index contributed by atoms with van der Waals surface area (Å²) in [6.45, 7) is 2.67. The van der Waals surface area contributed by atoms with Gasteiger partial charge in [0.15, 0.2) is 0 Å². The summed E-state index contributed by atoms with van der Waals surface area (Å²) in [5, 5.41) is 4.51. The highest BCUT2D eigenvalue weighted by Crippen LogP contribution is 2.26. The topological polar surface area (TPSA) is 84.5 Å². The minimum absolute atomic E-state index is 0.173. The van der Waals surface area contributed by atoms with E-state index in [0.29, 0.717) is 22.9 Å². The van der Waals surface area contributed by atoms with Gasteiger partial charge < -0.3 is 4.74 Å². The van der Waals surface area contributed by atoms with E-state index in [1.165, 1.54) is 6.08 Å². The van der Waals surface area contributed by atoms with Crippen molar-refractivity contribution in [2.24, 2.45) is 0 Å². The molecule has 0 bridgehead atoms. The first-order valence-corrected chi connectivity index (χ1v) is 8.19. The molecule has 4 amide bonds. The number of nitrogens with one attached hydrogen (secondary N) is 2. The first kappa shape index (κ1) is 18.0. The molecule has 1 heterocycles. The molecule has 2 rings (SSSR count). The number of halogens is 1. The molecule has 24 heavy (non-hydrogen) atoms. The molecular formula is C17H19ClN2O4. The molecule has 7 heteroatoms. The number of unbranched alkanes of at least 4 members (excludes halogenated alkanes) is 3. The summed E-state index contributed by atoms with van der Waals surface area (Å²) < 4.78 is 5.74. The van der Waals surface area contributed by atoms with Crippen molar-refractivity contribution >= 4 is 35.5 Å². The van der Waals surface area contributed by atoms with Crippen LogP contribution in [0.3, 0.4) is 0 Å². The maximum Gasteiger partial charge on any atom is 0.328 e.